The van der Waals surface area contributed by atoms with Crippen LogP contribution < -0.4 is 5.32 Å². The molecule has 0 aliphatic carbocycles. The molecule has 1 N–H and O–H groups in total. The molecule has 0 spiro atoms. The zero-order chi connectivity index (χ0) is 17.9. The second-order valence-corrected chi connectivity index (χ2v) is 7.78. The van der Waals surface area contributed by atoms with Crippen LogP contribution in [-0.2, 0) is 23.6 Å². The van der Waals surface area contributed by atoms with Crippen molar-refractivity contribution in [2.45, 2.75) is 58.6 Å². The van der Waals surface area contributed by atoms with Crippen LogP contribution in [0.15, 0.2) is 0 Å². The van der Waals surface area contributed by atoms with Gasteiger partial charge in [-0.15, -0.1) is 0 Å². The van der Waals surface area contributed by atoms with Gasteiger partial charge in [-0.25, -0.2) is 9.59 Å². The molecule has 2 atom stereocenters. The van der Waals surface area contributed by atoms with E-state index in [4.69, 9.17) is 9.47 Å². The molecule has 0 aliphatic rings. The van der Waals surface area contributed by atoms with Gasteiger partial charge in [0, 0.05) is 6.42 Å². The van der Waals surface area contributed by atoms with E-state index in [2.05, 4.69) is 10.1 Å². The van der Waals surface area contributed by atoms with Crippen molar-refractivity contribution in [3.05, 3.63) is 0 Å². The second kappa shape index (κ2) is 11.4. The Labute approximate surface area is 139 Å². The predicted molar refractivity (Wildman–Crippen MR) is 88.0 cm³/mol. The molecule has 1 amide bonds. The maximum atomic E-state index is 11.9. The molecule has 0 heterocycles. The fourth-order valence-corrected chi connectivity index (χ4v) is 2.60. The Balaban J connectivity index is 4.32. The van der Waals surface area contributed by atoms with E-state index < -0.39 is 31.5 Å². The third kappa shape index (κ3) is 12.0. The first-order valence-electron chi connectivity index (χ1n) is 7.76. The van der Waals surface area contributed by atoms with Crippen LogP contribution in [0.1, 0.15) is 47.0 Å². The molecule has 0 rings (SSSR count). The van der Waals surface area contributed by atoms with Crippen molar-refractivity contribution in [2.24, 2.45) is 0 Å². The number of methoxy groups -OCH3 is 1. The molecule has 0 bridgehead atoms. The Morgan fingerprint density at radius 1 is 1.26 bits per heavy atom. The summed E-state index contributed by atoms with van der Waals surface area (Å²) in [7, 11) is -0.347. The third-order valence-electron chi connectivity index (χ3n) is 2.72. The molecular formula is C15H29NO6P+. The van der Waals surface area contributed by atoms with Crippen molar-refractivity contribution in [3.8, 4) is 0 Å². The zero-order valence-electron chi connectivity index (χ0n) is 14.7. The van der Waals surface area contributed by atoms with Crippen molar-refractivity contribution in [2.75, 3.05) is 26.2 Å². The molecular weight excluding hydrogens is 321 g/mol. The zero-order valence-corrected chi connectivity index (χ0v) is 15.6. The average Bonchev–Trinajstić information content (AvgIpc) is 2.45. The van der Waals surface area contributed by atoms with Gasteiger partial charge in [0.1, 0.15) is 11.6 Å². The molecule has 8 heteroatoms. The number of ether oxygens (including phenoxy) is 3. The van der Waals surface area contributed by atoms with Gasteiger partial charge in [-0.2, -0.15) is 0 Å². The largest absolute Gasteiger partial charge is 0.467 e. The number of unbranched alkanes of at least 4 members (excludes halogenated alkanes) is 1. The normalized spacial score (nSPS) is 13.2. The standard InChI is InChI=1S/C15H28NO6P/c1-6-7-9-21-11-23(19)10-8-12(13(17)20-5)16-14(18)22-15(2,3)4/h12H,6-11H2,1-5H3/p+1. The topological polar surface area (TPSA) is 90.9 Å². The fourth-order valence-electron chi connectivity index (χ4n) is 1.59. The first kappa shape index (κ1) is 21.8. The molecule has 0 aliphatic heterocycles. The Bertz CT molecular complexity index is 394. The number of carbonyl (C=O) groups excluding carboxylic acids is 2. The Hall–Kier alpha value is -1.20. The van der Waals surface area contributed by atoms with Gasteiger partial charge in [0.25, 0.3) is 0 Å². The first-order chi connectivity index (χ1) is 10.7. The summed E-state index contributed by atoms with van der Waals surface area (Å²) in [5, 5.41) is 2.45. The Morgan fingerprint density at radius 3 is 2.43 bits per heavy atom. The van der Waals surface area contributed by atoms with Crippen LogP contribution in [-0.4, -0.2) is 49.9 Å². The van der Waals surface area contributed by atoms with Gasteiger partial charge in [0.2, 0.25) is 6.35 Å². The third-order valence-corrected chi connectivity index (χ3v) is 3.95. The van der Waals surface area contributed by atoms with Crippen LogP contribution in [0.5, 0.6) is 0 Å². The lowest BCUT2D eigenvalue weighted by atomic mass is 10.2. The monoisotopic (exact) mass is 350 g/mol. The molecule has 0 saturated carbocycles. The number of amides is 1. The molecule has 7 nitrogen and oxygen atoms in total. The Morgan fingerprint density at radius 2 is 1.91 bits per heavy atom. The molecule has 0 saturated heterocycles. The van der Waals surface area contributed by atoms with Gasteiger partial charge in [0.05, 0.1) is 13.7 Å². The van der Waals surface area contributed by atoms with E-state index >= 15 is 0 Å². The lowest BCUT2D eigenvalue weighted by molar-refractivity contribution is -0.143. The van der Waals surface area contributed by atoms with Crippen molar-refractivity contribution < 1.29 is 28.4 Å². The molecule has 23 heavy (non-hydrogen) atoms. The van der Waals surface area contributed by atoms with Crippen LogP contribution in [0.2, 0.25) is 0 Å². The summed E-state index contributed by atoms with van der Waals surface area (Å²) in [5.41, 5.74) is -0.664. The van der Waals surface area contributed by atoms with E-state index in [1.165, 1.54) is 7.11 Å². The number of alkyl carbamates (subject to hydrolysis) is 1. The predicted octanol–water partition coefficient (Wildman–Crippen LogP) is 3.04. The van der Waals surface area contributed by atoms with Crippen molar-refractivity contribution in [1.82, 2.24) is 5.32 Å². The van der Waals surface area contributed by atoms with Gasteiger partial charge in [0.15, 0.2) is 6.16 Å². The van der Waals surface area contributed by atoms with E-state index in [9.17, 15) is 14.2 Å². The van der Waals surface area contributed by atoms with Crippen molar-refractivity contribution in [1.29, 1.82) is 0 Å². The summed E-state index contributed by atoms with van der Waals surface area (Å²) < 4.78 is 26.9. The van der Waals surface area contributed by atoms with Crippen molar-refractivity contribution >= 4 is 19.9 Å². The second-order valence-electron chi connectivity index (χ2n) is 6.11. The van der Waals surface area contributed by atoms with Gasteiger partial charge in [-0.3, -0.25) is 0 Å². The van der Waals surface area contributed by atoms with Gasteiger partial charge in [-0.1, -0.05) is 17.9 Å². The van der Waals surface area contributed by atoms with Crippen molar-refractivity contribution in [3.63, 3.8) is 0 Å². The minimum atomic E-state index is -1.58. The Kier molecular flexibility index (Phi) is 10.8. The number of carbonyl (C=O) groups is 2. The molecule has 134 valence electrons. The van der Waals surface area contributed by atoms with Crippen LogP contribution in [0, 0.1) is 0 Å². The molecule has 0 aromatic rings. The molecule has 2 unspecified atom stereocenters. The molecule has 0 aromatic carbocycles. The SMILES string of the molecule is CCCCOC[P+](=O)CCC(NC(=O)OC(C)(C)C)C(=O)OC. The number of hydrogen-bond acceptors (Lipinski definition) is 6. The smallest absolute Gasteiger partial charge is 0.408 e. The van der Waals surface area contributed by atoms with Crippen LogP contribution in [0.3, 0.4) is 0 Å². The van der Waals surface area contributed by atoms with E-state index in [0.717, 1.165) is 12.8 Å². The number of esters is 1. The maximum Gasteiger partial charge on any atom is 0.408 e. The lowest BCUT2D eigenvalue weighted by Crippen LogP contribution is -2.44. The minimum Gasteiger partial charge on any atom is -0.467 e. The van der Waals surface area contributed by atoms with Crippen LogP contribution >= 0.6 is 7.80 Å². The van der Waals surface area contributed by atoms with Gasteiger partial charge in [-0.05, 0) is 27.2 Å². The van der Waals surface area contributed by atoms with E-state index in [0.29, 0.717) is 6.61 Å². The summed E-state index contributed by atoms with van der Waals surface area (Å²) >= 11 is 0. The highest BCUT2D eigenvalue weighted by atomic mass is 31.1. The van der Waals surface area contributed by atoms with E-state index in [-0.39, 0.29) is 18.9 Å². The van der Waals surface area contributed by atoms with Gasteiger partial charge < -0.3 is 19.5 Å². The number of hydrogen-bond donors (Lipinski definition) is 1. The summed E-state index contributed by atoms with van der Waals surface area (Å²) in [5.74, 6) is -0.592. The quantitative estimate of drug-likeness (QED) is 0.370. The number of nitrogens with one attached hydrogen (secondary N) is 1. The average molecular weight is 350 g/mol. The summed E-state index contributed by atoms with van der Waals surface area (Å²) in [6.45, 7) is 7.81. The van der Waals surface area contributed by atoms with Crippen LogP contribution in [0.4, 0.5) is 4.79 Å². The van der Waals surface area contributed by atoms with Gasteiger partial charge >= 0.3 is 19.9 Å². The summed E-state index contributed by atoms with van der Waals surface area (Å²) in [6.07, 6.45) is 1.86. The minimum absolute atomic E-state index is 0.162. The maximum absolute atomic E-state index is 11.9. The highest BCUT2D eigenvalue weighted by Gasteiger charge is 2.28. The highest BCUT2D eigenvalue weighted by Crippen LogP contribution is 2.22. The number of rotatable bonds is 10. The first-order valence-corrected chi connectivity index (χ1v) is 9.39. The lowest BCUT2D eigenvalue weighted by Gasteiger charge is -2.22. The summed E-state index contributed by atoms with van der Waals surface area (Å²) in [4.78, 5) is 23.4. The van der Waals surface area contributed by atoms with E-state index in [1.807, 2.05) is 6.92 Å². The highest BCUT2D eigenvalue weighted by molar-refractivity contribution is 7.44. The molecule has 0 aromatic heterocycles. The molecule has 0 fully saturated rings. The fraction of sp³-hybridized carbons (Fsp3) is 0.867. The summed E-state index contributed by atoms with van der Waals surface area (Å²) in [6, 6.07) is -0.885. The van der Waals surface area contributed by atoms with Crippen LogP contribution in [0.25, 0.3) is 0 Å². The van der Waals surface area contributed by atoms with E-state index in [1.54, 1.807) is 20.8 Å². The molecule has 0 radical (unpaired) electrons.